The monoisotopic (exact) mass is 499 g/mol. The molecule has 5 aromatic rings. The number of para-hydroxylation sites is 1. The van der Waals surface area contributed by atoms with Gasteiger partial charge in [0, 0.05) is 60.4 Å². The molecule has 0 saturated carbocycles. The summed E-state index contributed by atoms with van der Waals surface area (Å²) in [4.78, 5) is 5.49. The molecule has 3 heteroatoms. The number of fused-ring (bicyclic) bond motifs is 4. The van der Waals surface area contributed by atoms with Gasteiger partial charge in [0.15, 0.2) is 0 Å². The number of hydrogen-bond acceptors (Lipinski definition) is 2. The molecule has 7 rings (SSSR count). The van der Waals surface area contributed by atoms with Gasteiger partial charge in [0.2, 0.25) is 0 Å². The van der Waals surface area contributed by atoms with E-state index in [0.717, 1.165) is 26.1 Å². The fraction of sp³-hybridized carbons (Fsp3) is 0.314. The number of hydrogen-bond donors (Lipinski definition) is 0. The Bertz CT molecular complexity index is 1560. The molecule has 2 aliphatic rings. The summed E-state index contributed by atoms with van der Waals surface area (Å²) in [6, 6.07) is 36.8. The lowest BCUT2D eigenvalue weighted by atomic mass is 9.79. The predicted molar refractivity (Wildman–Crippen MR) is 159 cm³/mol. The SMILES string of the molecule is Cn1c2ccccc2c2cc([C@H]3[C@H](CN4CCCC4)c4ccccc4CN3CCc3ccccc3)ccc21. The fourth-order valence-electron chi connectivity index (χ4n) is 7.17. The van der Waals surface area contributed by atoms with E-state index in [2.05, 4.69) is 118 Å². The van der Waals surface area contributed by atoms with Gasteiger partial charge in [0.1, 0.15) is 0 Å². The molecule has 2 atom stereocenters. The molecular formula is C35H37N3. The quantitative estimate of drug-likeness (QED) is 0.243. The molecule has 1 fully saturated rings. The van der Waals surface area contributed by atoms with Gasteiger partial charge < -0.3 is 9.47 Å². The lowest BCUT2D eigenvalue weighted by molar-refractivity contribution is 0.127. The summed E-state index contributed by atoms with van der Waals surface area (Å²) in [6.45, 7) is 5.68. The molecule has 1 aromatic heterocycles. The molecule has 0 radical (unpaired) electrons. The molecule has 0 bridgehead atoms. The lowest BCUT2D eigenvalue weighted by Crippen LogP contribution is -2.42. The van der Waals surface area contributed by atoms with Crippen LogP contribution in [0.2, 0.25) is 0 Å². The Morgan fingerprint density at radius 2 is 1.47 bits per heavy atom. The van der Waals surface area contributed by atoms with Crippen molar-refractivity contribution in [2.75, 3.05) is 26.2 Å². The predicted octanol–water partition coefficient (Wildman–Crippen LogP) is 7.31. The Balaban J connectivity index is 1.35. The average Bonchev–Trinajstić information content (AvgIpc) is 3.58. The van der Waals surface area contributed by atoms with E-state index in [1.54, 1.807) is 5.56 Å². The molecule has 192 valence electrons. The standard InChI is InChI=1S/C35H37N3/c1-36-33-16-8-7-15-30(33)31-23-27(17-18-34(31)36)35-32(25-37-20-9-10-21-37)29-14-6-5-13-28(29)24-38(35)22-19-26-11-3-2-4-12-26/h2-8,11-18,23,32,35H,9-10,19-22,24-25H2,1H3/t32-,35+/m1/s1. The minimum absolute atomic E-state index is 0.359. The van der Waals surface area contributed by atoms with Crippen LogP contribution in [0.15, 0.2) is 97.1 Å². The van der Waals surface area contributed by atoms with Gasteiger partial charge in [-0.2, -0.15) is 0 Å². The van der Waals surface area contributed by atoms with Crippen molar-refractivity contribution in [3.05, 3.63) is 119 Å². The lowest BCUT2D eigenvalue weighted by Gasteiger charge is -2.44. The minimum Gasteiger partial charge on any atom is -0.344 e. The molecule has 3 heterocycles. The second-order valence-corrected chi connectivity index (χ2v) is 11.3. The smallest absolute Gasteiger partial charge is 0.0488 e. The van der Waals surface area contributed by atoms with Gasteiger partial charge in [-0.05, 0) is 72.8 Å². The van der Waals surface area contributed by atoms with Gasteiger partial charge in [0.05, 0.1) is 0 Å². The summed E-state index contributed by atoms with van der Waals surface area (Å²) in [5.74, 6) is 0.459. The summed E-state index contributed by atoms with van der Waals surface area (Å²) < 4.78 is 2.35. The van der Waals surface area contributed by atoms with Crippen molar-refractivity contribution in [1.82, 2.24) is 14.4 Å². The molecule has 0 aliphatic carbocycles. The van der Waals surface area contributed by atoms with Crippen LogP contribution in [0.5, 0.6) is 0 Å². The maximum absolute atomic E-state index is 2.78. The molecule has 0 unspecified atom stereocenters. The highest BCUT2D eigenvalue weighted by Gasteiger charge is 2.37. The first-order valence-electron chi connectivity index (χ1n) is 14.3. The third kappa shape index (κ3) is 4.24. The molecule has 1 saturated heterocycles. The van der Waals surface area contributed by atoms with E-state index in [0.29, 0.717) is 12.0 Å². The van der Waals surface area contributed by atoms with Crippen molar-refractivity contribution >= 4 is 21.8 Å². The van der Waals surface area contributed by atoms with Crippen LogP contribution in [0.3, 0.4) is 0 Å². The number of benzene rings is 4. The molecule has 2 aliphatic heterocycles. The van der Waals surface area contributed by atoms with Gasteiger partial charge >= 0.3 is 0 Å². The molecule has 4 aromatic carbocycles. The van der Waals surface area contributed by atoms with Crippen molar-refractivity contribution in [2.24, 2.45) is 7.05 Å². The van der Waals surface area contributed by atoms with Crippen molar-refractivity contribution in [2.45, 2.75) is 37.8 Å². The summed E-state index contributed by atoms with van der Waals surface area (Å²) in [6.07, 6.45) is 3.74. The van der Waals surface area contributed by atoms with Gasteiger partial charge in [0.25, 0.3) is 0 Å². The zero-order chi connectivity index (χ0) is 25.5. The molecule has 0 amide bonds. The summed E-state index contributed by atoms with van der Waals surface area (Å²) >= 11 is 0. The second kappa shape index (κ2) is 10.1. The van der Waals surface area contributed by atoms with Gasteiger partial charge in [-0.3, -0.25) is 4.90 Å². The zero-order valence-electron chi connectivity index (χ0n) is 22.4. The van der Waals surface area contributed by atoms with Crippen LogP contribution in [0, 0.1) is 0 Å². The molecule has 3 nitrogen and oxygen atoms in total. The van der Waals surface area contributed by atoms with Gasteiger partial charge in [-0.1, -0.05) is 78.9 Å². The van der Waals surface area contributed by atoms with E-state index < -0.39 is 0 Å². The van der Waals surface area contributed by atoms with Crippen LogP contribution in [-0.2, 0) is 20.0 Å². The summed E-state index contributed by atoms with van der Waals surface area (Å²) in [5, 5.41) is 2.73. The van der Waals surface area contributed by atoms with Crippen molar-refractivity contribution in [3.8, 4) is 0 Å². The van der Waals surface area contributed by atoms with E-state index in [4.69, 9.17) is 0 Å². The van der Waals surface area contributed by atoms with Crippen molar-refractivity contribution in [1.29, 1.82) is 0 Å². The largest absolute Gasteiger partial charge is 0.344 e. The van der Waals surface area contributed by atoms with Gasteiger partial charge in [-0.15, -0.1) is 0 Å². The maximum atomic E-state index is 2.78. The van der Waals surface area contributed by atoms with Crippen LogP contribution in [0.4, 0.5) is 0 Å². The molecule has 38 heavy (non-hydrogen) atoms. The molecule has 0 spiro atoms. The summed E-state index contributed by atoms with van der Waals surface area (Å²) in [7, 11) is 2.20. The highest BCUT2D eigenvalue weighted by Crippen LogP contribution is 2.44. The highest BCUT2D eigenvalue weighted by molar-refractivity contribution is 6.08. The first kappa shape index (κ1) is 23.7. The third-order valence-electron chi connectivity index (χ3n) is 9.07. The van der Waals surface area contributed by atoms with Crippen LogP contribution in [0.1, 0.15) is 47.1 Å². The Labute approximate surface area is 226 Å². The van der Waals surface area contributed by atoms with Crippen LogP contribution >= 0.6 is 0 Å². The first-order chi connectivity index (χ1) is 18.8. The first-order valence-corrected chi connectivity index (χ1v) is 14.3. The number of aromatic nitrogens is 1. The fourth-order valence-corrected chi connectivity index (χ4v) is 7.17. The number of nitrogens with zero attached hydrogens (tertiary/aromatic N) is 3. The highest BCUT2D eigenvalue weighted by atomic mass is 15.2. The molecule has 0 N–H and O–H groups in total. The van der Waals surface area contributed by atoms with Crippen LogP contribution in [0.25, 0.3) is 21.8 Å². The van der Waals surface area contributed by atoms with Crippen molar-refractivity contribution in [3.63, 3.8) is 0 Å². The van der Waals surface area contributed by atoms with Gasteiger partial charge in [-0.25, -0.2) is 0 Å². The number of aryl methyl sites for hydroxylation is 1. The van der Waals surface area contributed by atoms with E-state index in [-0.39, 0.29) is 0 Å². The normalized spacial score (nSPS) is 20.3. The Morgan fingerprint density at radius 1 is 0.737 bits per heavy atom. The Morgan fingerprint density at radius 3 is 2.34 bits per heavy atom. The van der Waals surface area contributed by atoms with Crippen LogP contribution in [-0.4, -0.2) is 40.5 Å². The van der Waals surface area contributed by atoms with E-state index in [1.165, 1.54) is 64.4 Å². The number of rotatable bonds is 6. The minimum atomic E-state index is 0.359. The number of likely N-dealkylation sites (tertiary alicyclic amines) is 1. The maximum Gasteiger partial charge on any atom is 0.0488 e. The third-order valence-corrected chi connectivity index (χ3v) is 9.07. The average molecular weight is 500 g/mol. The molecular weight excluding hydrogens is 462 g/mol. The zero-order valence-corrected chi connectivity index (χ0v) is 22.4. The van der Waals surface area contributed by atoms with Crippen LogP contribution < -0.4 is 0 Å². The van der Waals surface area contributed by atoms with E-state index in [1.807, 2.05) is 0 Å². The van der Waals surface area contributed by atoms with Crippen molar-refractivity contribution < 1.29 is 0 Å². The second-order valence-electron chi connectivity index (χ2n) is 11.3. The Hall–Kier alpha value is -3.40. The Kier molecular flexibility index (Phi) is 6.27. The topological polar surface area (TPSA) is 11.4 Å². The van der Waals surface area contributed by atoms with E-state index >= 15 is 0 Å². The van der Waals surface area contributed by atoms with E-state index in [9.17, 15) is 0 Å². The summed E-state index contributed by atoms with van der Waals surface area (Å²) in [5.41, 5.74) is 8.57.